The molecule has 0 N–H and O–H groups in total. The number of hydrogen-bond acceptors (Lipinski definition) is 6. The van der Waals surface area contributed by atoms with E-state index in [0.29, 0.717) is 44.5 Å². The Balaban J connectivity index is 1.65. The van der Waals surface area contributed by atoms with E-state index in [0.717, 1.165) is 17.0 Å². The van der Waals surface area contributed by atoms with Crippen LogP contribution in [0.15, 0.2) is 22.1 Å². The van der Waals surface area contributed by atoms with Crippen LogP contribution in [-0.4, -0.2) is 64.3 Å². The van der Waals surface area contributed by atoms with E-state index in [-0.39, 0.29) is 29.3 Å². The molecule has 0 unspecified atom stereocenters. The number of carbonyl (C=O) groups is 3. The van der Waals surface area contributed by atoms with Gasteiger partial charge in [-0.05, 0) is 45.6 Å². The van der Waals surface area contributed by atoms with Crippen molar-refractivity contribution in [1.82, 2.24) is 14.7 Å². The van der Waals surface area contributed by atoms with Crippen LogP contribution in [0.2, 0.25) is 0 Å². The Labute approximate surface area is 175 Å². The maximum atomic E-state index is 12.7. The third-order valence-corrected chi connectivity index (χ3v) is 5.77. The number of carbonyl (C=O) groups excluding carboxylic acids is 3. The van der Waals surface area contributed by atoms with Gasteiger partial charge in [-0.2, -0.15) is 10.1 Å². The quantitative estimate of drug-likeness (QED) is 0.551. The number of nitrogens with zero attached hydrogens (tertiary/aromatic N) is 5. The van der Waals surface area contributed by atoms with Gasteiger partial charge in [-0.15, -0.1) is 0 Å². The van der Waals surface area contributed by atoms with Crippen molar-refractivity contribution in [1.29, 1.82) is 0 Å². The summed E-state index contributed by atoms with van der Waals surface area (Å²) in [4.78, 5) is 46.4. The highest BCUT2D eigenvalue weighted by Gasteiger charge is 2.28. The van der Waals surface area contributed by atoms with E-state index < -0.39 is 5.91 Å². The average molecular weight is 413 g/mol. The van der Waals surface area contributed by atoms with E-state index in [1.165, 1.54) is 7.11 Å². The van der Waals surface area contributed by atoms with Crippen molar-refractivity contribution in [3.05, 3.63) is 29.1 Å². The van der Waals surface area contributed by atoms with Gasteiger partial charge in [0.2, 0.25) is 5.91 Å². The fraction of sp³-hybridized carbons (Fsp3) is 0.524. The Morgan fingerprint density at radius 3 is 2.43 bits per heavy atom. The van der Waals surface area contributed by atoms with Gasteiger partial charge in [0.25, 0.3) is 11.9 Å². The van der Waals surface area contributed by atoms with Gasteiger partial charge in [0.05, 0.1) is 30.0 Å². The zero-order valence-corrected chi connectivity index (χ0v) is 17.9. The summed E-state index contributed by atoms with van der Waals surface area (Å²) in [5, 5.41) is 4.48. The number of amides is 2. The Kier molecular flexibility index (Phi) is 6.28. The molecular formula is C21H27N5O4. The van der Waals surface area contributed by atoms with Gasteiger partial charge in [-0.1, -0.05) is 6.58 Å². The second-order valence-electron chi connectivity index (χ2n) is 7.63. The number of rotatable bonds is 4. The summed E-state index contributed by atoms with van der Waals surface area (Å²) in [5.74, 6) is -0.475. The van der Waals surface area contributed by atoms with E-state index in [2.05, 4.69) is 21.7 Å². The number of methoxy groups -OCH3 is 1. The third-order valence-electron chi connectivity index (χ3n) is 5.77. The highest BCUT2D eigenvalue weighted by Crippen LogP contribution is 2.21. The molecule has 3 heterocycles. The first kappa shape index (κ1) is 21.6. The van der Waals surface area contributed by atoms with E-state index in [1.54, 1.807) is 16.5 Å². The molecule has 1 saturated heterocycles. The zero-order valence-electron chi connectivity index (χ0n) is 17.9. The largest absolute Gasteiger partial charge is 0.469 e. The average Bonchev–Trinajstić information content (AvgIpc) is 3.02. The molecule has 1 aromatic heterocycles. The predicted molar refractivity (Wildman–Crippen MR) is 111 cm³/mol. The lowest BCUT2D eigenvalue weighted by atomic mass is 9.96. The van der Waals surface area contributed by atoms with Gasteiger partial charge in [-0.3, -0.25) is 14.4 Å². The van der Waals surface area contributed by atoms with Gasteiger partial charge in [0.15, 0.2) is 0 Å². The fourth-order valence-electron chi connectivity index (χ4n) is 3.80. The van der Waals surface area contributed by atoms with E-state index in [1.807, 2.05) is 13.8 Å². The van der Waals surface area contributed by atoms with E-state index in [9.17, 15) is 14.4 Å². The normalized spacial score (nSPS) is 17.7. The van der Waals surface area contributed by atoms with Gasteiger partial charge in [0.1, 0.15) is 0 Å². The molecule has 0 atom stereocenters. The first-order chi connectivity index (χ1) is 14.2. The van der Waals surface area contributed by atoms with Crippen LogP contribution < -0.4 is 0 Å². The molecule has 9 nitrogen and oxygen atoms in total. The molecule has 3 rings (SSSR count). The van der Waals surface area contributed by atoms with Crippen molar-refractivity contribution >= 4 is 29.5 Å². The van der Waals surface area contributed by atoms with Crippen LogP contribution in [0.25, 0.3) is 0 Å². The molecule has 0 spiro atoms. The van der Waals surface area contributed by atoms with E-state index in [4.69, 9.17) is 4.74 Å². The number of esters is 1. The summed E-state index contributed by atoms with van der Waals surface area (Å²) in [6.45, 7) is 10.3. The van der Waals surface area contributed by atoms with Crippen LogP contribution in [0.3, 0.4) is 0 Å². The minimum absolute atomic E-state index is 0.0558. The summed E-state index contributed by atoms with van der Waals surface area (Å²) in [6.07, 6.45) is 2.14. The molecule has 1 aromatic rings. The van der Waals surface area contributed by atoms with E-state index >= 15 is 0 Å². The first-order valence-electron chi connectivity index (χ1n) is 10.0. The molecule has 2 aliphatic heterocycles. The fourth-order valence-corrected chi connectivity index (χ4v) is 3.80. The highest BCUT2D eigenvalue weighted by molar-refractivity contribution is 6.27. The van der Waals surface area contributed by atoms with Crippen LogP contribution in [0.5, 0.6) is 0 Å². The first-order valence-corrected chi connectivity index (χ1v) is 10.0. The Hall–Kier alpha value is -3.10. The monoisotopic (exact) mass is 413 g/mol. The molecule has 2 aliphatic rings. The molecule has 0 aliphatic carbocycles. The molecule has 0 aromatic carbocycles. The molecule has 0 bridgehead atoms. The van der Waals surface area contributed by atoms with Crippen molar-refractivity contribution in [2.24, 2.45) is 15.9 Å². The summed E-state index contributed by atoms with van der Waals surface area (Å²) < 4.78 is 6.34. The molecule has 160 valence electrons. The molecular weight excluding hydrogens is 386 g/mol. The molecule has 0 saturated carbocycles. The maximum absolute atomic E-state index is 12.7. The lowest BCUT2D eigenvalue weighted by Gasteiger charge is -2.30. The molecule has 1 fully saturated rings. The van der Waals surface area contributed by atoms with Crippen molar-refractivity contribution < 1.29 is 19.1 Å². The number of aromatic nitrogens is 2. The minimum Gasteiger partial charge on any atom is -0.469 e. The number of hydrogen-bond donors (Lipinski definition) is 0. The van der Waals surface area contributed by atoms with Crippen LogP contribution in [-0.2, 0) is 25.5 Å². The number of ether oxygens (including phenoxy) is 1. The van der Waals surface area contributed by atoms with Crippen LogP contribution >= 0.6 is 0 Å². The number of aliphatic imine (C=N–C) groups is 2. The Morgan fingerprint density at radius 1 is 1.17 bits per heavy atom. The van der Waals surface area contributed by atoms with Gasteiger partial charge in [-0.25, -0.2) is 9.67 Å². The number of likely N-dealkylation sites (tertiary alicyclic amines) is 1. The summed E-state index contributed by atoms with van der Waals surface area (Å²) in [7, 11) is 1.39. The van der Waals surface area contributed by atoms with Crippen molar-refractivity contribution in [2.45, 2.75) is 46.5 Å². The number of aryl methyl sites for hydroxylation is 1. The topological polar surface area (TPSA) is 106 Å². The Morgan fingerprint density at radius 2 is 1.83 bits per heavy atom. The summed E-state index contributed by atoms with van der Waals surface area (Å²) >= 11 is 0. The summed E-state index contributed by atoms with van der Waals surface area (Å²) in [6, 6.07) is 0. The van der Waals surface area contributed by atoms with Crippen LogP contribution in [0.4, 0.5) is 0 Å². The van der Waals surface area contributed by atoms with Gasteiger partial charge in [0, 0.05) is 25.2 Å². The van der Waals surface area contributed by atoms with Crippen molar-refractivity contribution in [3.63, 3.8) is 0 Å². The maximum Gasteiger partial charge on any atom is 0.308 e. The van der Waals surface area contributed by atoms with Crippen LogP contribution in [0.1, 0.15) is 43.1 Å². The molecule has 2 amide bonds. The zero-order chi connectivity index (χ0) is 22.0. The lowest BCUT2D eigenvalue weighted by molar-refractivity contribution is -0.148. The smallest absolute Gasteiger partial charge is 0.308 e. The SMILES string of the molecule is C=C1C(=O)N=C(n2nc(C)c(CCC(=O)N3CCC(C(=O)OC)CC3)c2C)N=C1C. The third kappa shape index (κ3) is 4.24. The second kappa shape index (κ2) is 8.73. The predicted octanol–water partition coefficient (Wildman–Crippen LogP) is 1.61. The second-order valence-corrected chi connectivity index (χ2v) is 7.63. The van der Waals surface area contributed by atoms with Gasteiger partial charge < -0.3 is 9.64 Å². The lowest BCUT2D eigenvalue weighted by Crippen LogP contribution is -2.40. The molecule has 9 heteroatoms. The van der Waals surface area contributed by atoms with Crippen LogP contribution in [0, 0.1) is 19.8 Å². The standard InChI is InChI=1S/C21H27N5O4/c1-12-13(2)22-21(23-19(12)28)26-15(4)17(14(3)24-26)6-7-18(27)25-10-8-16(9-11-25)20(29)30-5/h16H,1,6-11H2,2-5H3. The molecule has 30 heavy (non-hydrogen) atoms. The Bertz CT molecular complexity index is 964. The summed E-state index contributed by atoms with van der Waals surface area (Å²) in [5.41, 5.74) is 3.32. The van der Waals surface area contributed by atoms with Crippen molar-refractivity contribution in [3.8, 4) is 0 Å². The number of piperidine rings is 1. The van der Waals surface area contributed by atoms with Crippen molar-refractivity contribution in [2.75, 3.05) is 20.2 Å². The minimum atomic E-state index is -0.419. The molecule has 0 radical (unpaired) electrons. The highest BCUT2D eigenvalue weighted by atomic mass is 16.5. The van der Waals surface area contributed by atoms with Gasteiger partial charge >= 0.3 is 5.97 Å².